The van der Waals surface area contributed by atoms with Crippen LogP contribution < -0.4 is 11.1 Å². The van der Waals surface area contributed by atoms with Crippen LogP contribution in [-0.4, -0.2) is 89.8 Å². The molecule has 2 aromatic rings. The van der Waals surface area contributed by atoms with E-state index >= 15 is 0 Å². The first kappa shape index (κ1) is 34.8. The van der Waals surface area contributed by atoms with Gasteiger partial charge in [-0.2, -0.15) is 26.3 Å². The van der Waals surface area contributed by atoms with Crippen molar-refractivity contribution in [1.29, 1.82) is 0 Å². The molecule has 4 heterocycles. The highest BCUT2D eigenvalue weighted by Gasteiger charge is 2.42. The molecular formula is C31H38F6N6O3S. The molecule has 258 valence electrons. The first-order valence-corrected chi connectivity index (χ1v) is 16.3. The minimum Gasteiger partial charge on any atom is -0.398 e. The molecule has 0 bridgehead atoms. The zero-order chi connectivity index (χ0) is 34.3. The van der Waals surface area contributed by atoms with E-state index in [4.69, 9.17) is 5.73 Å². The number of piperidine rings is 2. The van der Waals surface area contributed by atoms with Gasteiger partial charge in [-0.05, 0) is 75.3 Å². The van der Waals surface area contributed by atoms with E-state index in [-0.39, 0.29) is 43.2 Å². The SMILES string of the molecule is CN(C)C1CCN(C(=O)[C@H](CC(=O)N2CCC(N3Cc4ccsc4NC3=O)CC2)Cc2cc(C(F)(F)F)c(N)c(C(F)(F)F)c2)CC1. The van der Waals surface area contributed by atoms with Gasteiger partial charge in [0, 0.05) is 50.2 Å². The standard InChI is InChI=1S/C31H38F6N6O3S/c1-40(2)21-3-10-42(11-4-21)28(45)20(13-18-14-23(30(32,33)34)26(38)24(15-18)31(35,36)37)16-25(44)41-8-5-22(6-9-41)43-17-19-7-12-47-27(19)39-29(43)46/h7,12,14-15,20-22H,3-6,8-11,13,16-17,38H2,1-2H3,(H,39,46)/t20-/m0/s1. The number of nitrogens with zero attached hydrogens (tertiary/aromatic N) is 4. The van der Waals surface area contributed by atoms with E-state index in [1.807, 2.05) is 30.4 Å². The second kappa shape index (κ2) is 13.5. The number of rotatable bonds is 7. The summed E-state index contributed by atoms with van der Waals surface area (Å²) in [5.74, 6) is -2.09. The van der Waals surface area contributed by atoms with Crippen molar-refractivity contribution in [2.24, 2.45) is 5.92 Å². The minimum atomic E-state index is -5.16. The van der Waals surface area contributed by atoms with Gasteiger partial charge in [-0.3, -0.25) is 14.9 Å². The van der Waals surface area contributed by atoms with Crippen molar-refractivity contribution in [1.82, 2.24) is 19.6 Å². The Hall–Kier alpha value is -3.53. The number of thiophene rings is 1. The molecule has 4 amide bonds. The van der Waals surface area contributed by atoms with E-state index in [0.29, 0.717) is 57.5 Å². The molecule has 3 N–H and O–H groups in total. The predicted molar refractivity (Wildman–Crippen MR) is 164 cm³/mol. The number of benzene rings is 1. The fourth-order valence-corrected chi connectivity index (χ4v) is 7.55. The second-order valence-corrected chi connectivity index (χ2v) is 13.6. The Kier molecular flexibility index (Phi) is 10.0. The van der Waals surface area contributed by atoms with Crippen LogP contribution in [0.2, 0.25) is 0 Å². The highest BCUT2D eigenvalue weighted by atomic mass is 32.1. The number of nitrogens with one attached hydrogen (secondary N) is 1. The monoisotopic (exact) mass is 688 g/mol. The zero-order valence-corrected chi connectivity index (χ0v) is 26.9. The third-order valence-corrected chi connectivity index (χ3v) is 10.3. The summed E-state index contributed by atoms with van der Waals surface area (Å²) < 4.78 is 82.6. The Morgan fingerprint density at radius 1 is 0.979 bits per heavy atom. The number of alkyl halides is 6. The first-order chi connectivity index (χ1) is 22.0. The number of carbonyl (C=O) groups is 3. The van der Waals surface area contributed by atoms with E-state index in [9.17, 15) is 40.7 Å². The Balaban J connectivity index is 1.33. The third kappa shape index (κ3) is 7.79. The van der Waals surface area contributed by atoms with Gasteiger partial charge < -0.3 is 25.3 Å². The molecule has 0 aliphatic carbocycles. The summed E-state index contributed by atoms with van der Waals surface area (Å²) in [6.07, 6.45) is -8.96. The van der Waals surface area contributed by atoms with E-state index in [1.54, 1.807) is 14.7 Å². The second-order valence-electron chi connectivity index (χ2n) is 12.7. The van der Waals surface area contributed by atoms with Gasteiger partial charge in [0.15, 0.2) is 0 Å². The molecule has 9 nitrogen and oxygen atoms in total. The number of hydrogen-bond donors (Lipinski definition) is 2. The van der Waals surface area contributed by atoms with Crippen molar-refractivity contribution in [3.8, 4) is 0 Å². The number of likely N-dealkylation sites (tertiary alicyclic amines) is 2. The number of nitrogen functional groups attached to an aromatic ring is 1. The highest BCUT2D eigenvalue weighted by molar-refractivity contribution is 7.14. The molecule has 1 aromatic carbocycles. The van der Waals surface area contributed by atoms with Gasteiger partial charge >= 0.3 is 18.4 Å². The number of amides is 4. The van der Waals surface area contributed by atoms with Gasteiger partial charge in [-0.25, -0.2) is 4.79 Å². The van der Waals surface area contributed by atoms with Crippen molar-refractivity contribution in [2.45, 2.75) is 69.5 Å². The number of fused-ring (bicyclic) bond motifs is 1. The average Bonchev–Trinajstić information content (AvgIpc) is 3.47. The van der Waals surface area contributed by atoms with Crippen LogP contribution in [0.5, 0.6) is 0 Å². The normalized spacial score (nSPS) is 19.2. The lowest BCUT2D eigenvalue weighted by atomic mass is 9.90. The van der Waals surface area contributed by atoms with E-state index in [0.717, 1.165) is 10.6 Å². The highest BCUT2D eigenvalue weighted by Crippen LogP contribution is 2.42. The van der Waals surface area contributed by atoms with Crippen LogP contribution in [0, 0.1) is 5.92 Å². The summed E-state index contributed by atoms with van der Waals surface area (Å²) in [7, 11) is 3.84. The molecule has 47 heavy (non-hydrogen) atoms. The fourth-order valence-electron chi connectivity index (χ4n) is 6.75. The van der Waals surface area contributed by atoms with E-state index < -0.39 is 53.3 Å². The van der Waals surface area contributed by atoms with Crippen LogP contribution in [-0.2, 0) is 34.9 Å². The first-order valence-electron chi connectivity index (χ1n) is 15.5. The molecule has 0 spiro atoms. The molecule has 0 saturated carbocycles. The summed E-state index contributed by atoms with van der Waals surface area (Å²) in [5, 5.41) is 5.59. The van der Waals surface area contributed by atoms with Gasteiger partial charge in [0.25, 0.3) is 0 Å². The van der Waals surface area contributed by atoms with Crippen LogP contribution in [0.4, 0.5) is 41.8 Å². The van der Waals surface area contributed by atoms with Gasteiger partial charge in [-0.1, -0.05) is 0 Å². The van der Waals surface area contributed by atoms with Crippen molar-refractivity contribution in [2.75, 3.05) is 51.3 Å². The van der Waals surface area contributed by atoms with Crippen molar-refractivity contribution in [3.63, 3.8) is 0 Å². The Labute approximate surface area is 272 Å². The molecule has 5 rings (SSSR count). The maximum atomic E-state index is 13.8. The Morgan fingerprint density at radius 3 is 2.11 bits per heavy atom. The third-order valence-electron chi connectivity index (χ3n) is 9.44. The number of hydrogen-bond acceptors (Lipinski definition) is 6. The maximum Gasteiger partial charge on any atom is 0.418 e. The van der Waals surface area contributed by atoms with Gasteiger partial charge in [0.2, 0.25) is 11.8 Å². The zero-order valence-electron chi connectivity index (χ0n) is 26.1. The number of halogens is 6. The lowest BCUT2D eigenvalue weighted by molar-refractivity contribution is -0.143. The lowest BCUT2D eigenvalue weighted by Gasteiger charge is -2.40. The smallest absolute Gasteiger partial charge is 0.398 e. The van der Waals surface area contributed by atoms with Gasteiger partial charge in [0.05, 0.1) is 29.3 Å². The van der Waals surface area contributed by atoms with Gasteiger partial charge in [0.1, 0.15) is 5.00 Å². The number of anilines is 2. The molecule has 2 saturated heterocycles. The summed E-state index contributed by atoms with van der Waals surface area (Å²) in [6.45, 7) is 1.73. The molecule has 3 aliphatic rings. The predicted octanol–water partition coefficient (Wildman–Crippen LogP) is 5.51. The largest absolute Gasteiger partial charge is 0.418 e. The van der Waals surface area contributed by atoms with Crippen molar-refractivity contribution >= 4 is 39.9 Å². The van der Waals surface area contributed by atoms with Crippen LogP contribution in [0.1, 0.15) is 54.4 Å². The molecule has 3 aliphatic heterocycles. The molecule has 1 atom stereocenters. The fraction of sp³-hybridized carbons (Fsp3) is 0.581. The molecule has 0 radical (unpaired) electrons. The van der Waals surface area contributed by atoms with E-state index in [2.05, 4.69) is 5.32 Å². The maximum absolute atomic E-state index is 13.8. The Morgan fingerprint density at radius 2 is 1.55 bits per heavy atom. The summed E-state index contributed by atoms with van der Waals surface area (Å²) in [4.78, 5) is 47.0. The molecule has 16 heteroatoms. The van der Waals surface area contributed by atoms with Crippen LogP contribution in [0.3, 0.4) is 0 Å². The van der Waals surface area contributed by atoms with Crippen LogP contribution >= 0.6 is 11.3 Å². The molecule has 0 unspecified atom stereocenters. The van der Waals surface area contributed by atoms with Gasteiger partial charge in [-0.15, -0.1) is 11.3 Å². The molecular weight excluding hydrogens is 650 g/mol. The number of urea groups is 1. The molecule has 2 fully saturated rings. The number of nitrogens with two attached hydrogens (primary N) is 1. The number of carbonyl (C=O) groups excluding carboxylic acids is 3. The molecule has 1 aromatic heterocycles. The van der Waals surface area contributed by atoms with Crippen LogP contribution in [0.15, 0.2) is 23.6 Å². The minimum absolute atomic E-state index is 0.126. The summed E-state index contributed by atoms with van der Waals surface area (Å²) in [5.41, 5.74) is 1.26. The van der Waals surface area contributed by atoms with Crippen LogP contribution in [0.25, 0.3) is 0 Å². The average molecular weight is 689 g/mol. The van der Waals surface area contributed by atoms with Crippen molar-refractivity contribution < 1.29 is 40.7 Å². The summed E-state index contributed by atoms with van der Waals surface area (Å²) in [6, 6.07) is 2.91. The quantitative estimate of drug-likeness (QED) is 0.295. The topological polar surface area (TPSA) is 102 Å². The Bertz CT molecular complexity index is 1440. The lowest BCUT2D eigenvalue weighted by Crippen LogP contribution is -2.51. The van der Waals surface area contributed by atoms with E-state index in [1.165, 1.54) is 11.3 Å². The summed E-state index contributed by atoms with van der Waals surface area (Å²) >= 11 is 1.44. The van der Waals surface area contributed by atoms with Crippen molar-refractivity contribution in [3.05, 3.63) is 45.8 Å².